The number of aromatic hydroxyl groups is 1. The van der Waals surface area contributed by atoms with Crippen LogP contribution in [0.15, 0.2) is 53.6 Å². The molecule has 0 saturated carbocycles. The Bertz CT molecular complexity index is 666. The number of benzene rings is 2. The van der Waals surface area contributed by atoms with Crippen LogP contribution in [0.2, 0.25) is 0 Å². The molecule has 1 amide bonds. The van der Waals surface area contributed by atoms with Crippen molar-refractivity contribution < 1.29 is 14.6 Å². The van der Waals surface area contributed by atoms with Gasteiger partial charge in [0, 0.05) is 0 Å². The minimum atomic E-state index is -0.654. The molecule has 2 aromatic rings. The summed E-state index contributed by atoms with van der Waals surface area (Å²) in [5.74, 6) is 0.489. The van der Waals surface area contributed by atoms with Crippen LogP contribution < -0.4 is 10.2 Å². The molecule has 0 aromatic heterocycles. The van der Waals surface area contributed by atoms with Crippen LogP contribution in [0.1, 0.15) is 18.1 Å². The normalized spacial score (nSPS) is 12.1. The molecular formula is C17H18N2O3. The maximum absolute atomic E-state index is 11.9. The first-order valence-electron chi connectivity index (χ1n) is 6.90. The molecule has 0 unspecified atom stereocenters. The van der Waals surface area contributed by atoms with Gasteiger partial charge in [-0.05, 0) is 61.4 Å². The number of rotatable bonds is 5. The SMILES string of the molecule is Cc1cccc(O[C@H](C)C(=O)NN=Cc2ccc(O)cc2)c1. The highest BCUT2D eigenvalue weighted by Gasteiger charge is 2.13. The van der Waals surface area contributed by atoms with Crippen molar-refractivity contribution in [2.24, 2.45) is 5.10 Å². The Morgan fingerprint density at radius 3 is 2.68 bits per heavy atom. The lowest BCUT2D eigenvalue weighted by molar-refractivity contribution is -0.127. The van der Waals surface area contributed by atoms with E-state index >= 15 is 0 Å². The average molecular weight is 298 g/mol. The van der Waals surface area contributed by atoms with Crippen molar-refractivity contribution in [2.45, 2.75) is 20.0 Å². The molecule has 0 heterocycles. The molecule has 2 rings (SSSR count). The first-order chi connectivity index (χ1) is 10.5. The monoisotopic (exact) mass is 298 g/mol. The third-order valence-corrected chi connectivity index (χ3v) is 2.95. The van der Waals surface area contributed by atoms with Crippen molar-refractivity contribution in [3.05, 3.63) is 59.7 Å². The Kier molecular flexibility index (Phi) is 5.14. The summed E-state index contributed by atoms with van der Waals surface area (Å²) in [6.07, 6.45) is 0.843. The van der Waals surface area contributed by atoms with Crippen molar-refractivity contribution in [1.82, 2.24) is 5.43 Å². The molecule has 22 heavy (non-hydrogen) atoms. The lowest BCUT2D eigenvalue weighted by Crippen LogP contribution is -2.33. The lowest BCUT2D eigenvalue weighted by Gasteiger charge is -2.13. The van der Waals surface area contributed by atoms with Gasteiger partial charge in [-0.2, -0.15) is 5.10 Å². The summed E-state index contributed by atoms with van der Waals surface area (Å²) in [6.45, 7) is 3.62. The second-order valence-corrected chi connectivity index (χ2v) is 4.90. The van der Waals surface area contributed by atoms with Gasteiger partial charge in [-0.3, -0.25) is 4.79 Å². The summed E-state index contributed by atoms with van der Waals surface area (Å²) in [7, 11) is 0. The summed E-state index contributed by atoms with van der Waals surface area (Å²) in [5, 5.41) is 13.0. The summed E-state index contributed by atoms with van der Waals surface area (Å²) >= 11 is 0. The minimum Gasteiger partial charge on any atom is -0.508 e. The van der Waals surface area contributed by atoms with Gasteiger partial charge in [0.15, 0.2) is 6.10 Å². The van der Waals surface area contributed by atoms with Gasteiger partial charge >= 0.3 is 0 Å². The van der Waals surface area contributed by atoms with Gasteiger partial charge in [0.1, 0.15) is 11.5 Å². The van der Waals surface area contributed by atoms with Crippen LogP contribution in [0, 0.1) is 6.92 Å². The number of phenols is 1. The zero-order chi connectivity index (χ0) is 15.9. The van der Waals surface area contributed by atoms with Crippen LogP contribution in [-0.2, 0) is 4.79 Å². The van der Waals surface area contributed by atoms with Crippen LogP contribution in [-0.4, -0.2) is 23.3 Å². The molecular weight excluding hydrogens is 280 g/mol. The van der Waals surface area contributed by atoms with Crippen molar-refractivity contribution in [1.29, 1.82) is 0 Å². The fourth-order valence-corrected chi connectivity index (χ4v) is 1.77. The Hall–Kier alpha value is -2.82. The van der Waals surface area contributed by atoms with Crippen molar-refractivity contribution in [3.63, 3.8) is 0 Å². The number of hydrogen-bond donors (Lipinski definition) is 2. The molecule has 0 aliphatic heterocycles. The Morgan fingerprint density at radius 2 is 2.00 bits per heavy atom. The van der Waals surface area contributed by atoms with E-state index in [2.05, 4.69) is 10.5 Å². The number of nitrogens with one attached hydrogen (secondary N) is 1. The van der Waals surface area contributed by atoms with Gasteiger partial charge in [0.05, 0.1) is 6.21 Å². The Balaban J connectivity index is 1.87. The summed E-state index contributed by atoms with van der Waals surface area (Å²) in [5.41, 5.74) is 4.26. The molecule has 0 radical (unpaired) electrons. The lowest BCUT2D eigenvalue weighted by atomic mass is 10.2. The zero-order valence-corrected chi connectivity index (χ0v) is 12.5. The maximum atomic E-state index is 11.9. The number of ether oxygens (including phenoxy) is 1. The van der Waals surface area contributed by atoms with Crippen LogP contribution in [0.5, 0.6) is 11.5 Å². The molecule has 0 saturated heterocycles. The van der Waals surface area contributed by atoms with E-state index in [1.54, 1.807) is 37.3 Å². The van der Waals surface area contributed by atoms with E-state index in [9.17, 15) is 9.90 Å². The number of aryl methyl sites for hydroxylation is 1. The van der Waals surface area contributed by atoms with Crippen LogP contribution in [0.25, 0.3) is 0 Å². The van der Waals surface area contributed by atoms with Gasteiger partial charge in [-0.15, -0.1) is 0 Å². The van der Waals surface area contributed by atoms with Crippen LogP contribution >= 0.6 is 0 Å². The molecule has 2 aromatic carbocycles. The number of amides is 1. The van der Waals surface area contributed by atoms with Crippen molar-refractivity contribution in [2.75, 3.05) is 0 Å². The average Bonchev–Trinajstić information content (AvgIpc) is 2.49. The number of hydrogen-bond acceptors (Lipinski definition) is 4. The van der Waals surface area contributed by atoms with Gasteiger partial charge < -0.3 is 9.84 Å². The van der Waals surface area contributed by atoms with E-state index < -0.39 is 6.10 Å². The van der Waals surface area contributed by atoms with E-state index in [1.807, 2.05) is 25.1 Å². The predicted molar refractivity (Wildman–Crippen MR) is 85.1 cm³/mol. The fraction of sp³-hybridized carbons (Fsp3) is 0.176. The first kappa shape index (κ1) is 15.6. The molecule has 114 valence electrons. The van der Waals surface area contributed by atoms with Gasteiger partial charge in [-0.1, -0.05) is 12.1 Å². The van der Waals surface area contributed by atoms with Gasteiger partial charge in [0.2, 0.25) is 0 Å². The fourth-order valence-electron chi connectivity index (χ4n) is 1.77. The summed E-state index contributed by atoms with van der Waals surface area (Å²) < 4.78 is 5.56. The van der Waals surface area contributed by atoms with Crippen LogP contribution in [0.4, 0.5) is 0 Å². The standard InChI is InChI=1S/C17H18N2O3/c1-12-4-3-5-16(10-12)22-13(2)17(21)19-18-11-14-6-8-15(20)9-7-14/h3-11,13,20H,1-2H3,(H,19,21)/t13-/m1/s1. The van der Waals surface area contributed by atoms with E-state index in [-0.39, 0.29) is 11.7 Å². The molecule has 5 nitrogen and oxygen atoms in total. The smallest absolute Gasteiger partial charge is 0.280 e. The quantitative estimate of drug-likeness (QED) is 0.658. The molecule has 0 spiro atoms. The number of carbonyl (C=O) groups is 1. The molecule has 0 aliphatic carbocycles. The summed E-state index contributed by atoms with van der Waals surface area (Å²) in [4.78, 5) is 11.9. The Morgan fingerprint density at radius 1 is 1.27 bits per heavy atom. The minimum absolute atomic E-state index is 0.182. The van der Waals surface area contributed by atoms with Crippen LogP contribution in [0.3, 0.4) is 0 Å². The van der Waals surface area contributed by atoms with Crippen molar-refractivity contribution in [3.8, 4) is 11.5 Å². The molecule has 1 atom stereocenters. The largest absolute Gasteiger partial charge is 0.508 e. The van der Waals surface area contributed by atoms with E-state index in [0.29, 0.717) is 5.75 Å². The highest BCUT2D eigenvalue weighted by Crippen LogP contribution is 2.14. The van der Waals surface area contributed by atoms with E-state index in [4.69, 9.17) is 4.74 Å². The molecule has 5 heteroatoms. The number of carbonyl (C=O) groups excluding carboxylic acids is 1. The molecule has 2 N–H and O–H groups in total. The molecule has 0 bridgehead atoms. The second kappa shape index (κ2) is 7.26. The predicted octanol–water partition coefficient (Wildman–Crippen LogP) is 2.62. The topological polar surface area (TPSA) is 70.9 Å². The van der Waals surface area contributed by atoms with Gasteiger partial charge in [-0.25, -0.2) is 5.43 Å². The maximum Gasteiger partial charge on any atom is 0.280 e. The second-order valence-electron chi connectivity index (χ2n) is 4.90. The third kappa shape index (κ3) is 4.63. The Labute approximate surface area is 129 Å². The summed E-state index contributed by atoms with van der Waals surface area (Å²) in [6, 6.07) is 14.0. The number of nitrogens with zero attached hydrogens (tertiary/aromatic N) is 1. The molecule has 0 aliphatic rings. The molecule has 0 fully saturated rings. The van der Waals surface area contributed by atoms with E-state index in [0.717, 1.165) is 11.1 Å². The zero-order valence-electron chi connectivity index (χ0n) is 12.5. The third-order valence-electron chi connectivity index (χ3n) is 2.95. The highest BCUT2D eigenvalue weighted by atomic mass is 16.5. The van der Waals surface area contributed by atoms with Gasteiger partial charge in [0.25, 0.3) is 5.91 Å². The highest BCUT2D eigenvalue weighted by molar-refractivity contribution is 5.84. The number of phenolic OH excluding ortho intramolecular Hbond substituents is 1. The first-order valence-corrected chi connectivity index (χ1v) is 6.90. The van der Waals surface area contributed by atoms with E-state index in [1.165, 1.54) is 6.21 Å². The van der Waals surface area contributed by atoms with Crippen molar-refractivity contribution >= 4 is 12.1 Å². The number of hydrazone groups is 1.